The van der Waals surface area contributed by atoms with Crippen LogP contribution in [0, 0.1) is 0 Å². The van der Waals surface area contributed by atoms with Crippen LogP contribution in [-0.4, -0.2) is 40.0 Å². The molecule has 0 unspecified atom stereocenters. The number of aromatic nitrogens is 2. The number of thioether (sulfide) groups is 1. The monoisotopic (exact) mass is 465 g/mol. The first kappa shape index (κ1) is 21.8. The second-order valence-electron chi connectivity index (χ2n) is 8.52. The number of hydrogen-bond acceptors (Lipinski definition) is 6. The summed E-state index contributed by atoms with van der Waals surface area (Å²) in [6, 6.07) is 15.0. The van der Waals surface area contributed by atoms with Gasteiger partial charge >= 0.3 is 0 Å². The van der Waals surface area contributed by atoms with E-state index in [0.717, 1.165) is 25.7 Å². The lowest BCUT2D eigenvalue weighted by Crippen LogP contribution is -2.38. The lowest BCUT2D eigenvalue weighted by Gasteiger charge is -2.27. The van der Waals surface area contributed by atoms with Crippen LogP contribution >= 0.6 is 11.8 Å². The molecular formula is C25H27N3O4S. The van der Waals surface area contributed by atoms with Crippen LogP contribution in [0.2, 0.25) is 0 Å². The summed E-state index contributed by atoms with van der Waals surface area (Å²) >= 11 is 1.29. The highest BCUT2D eigenvalue weighted by atomic mass is 32.2. The van der Waals surface area contributed by atoms with E-state index >= 15 is 0 Å². The molecule has 1 amide bonds. The quantitative estimate of drug-likeness (QED) is 0.441. The number of amides is 1. The van der Waals surface area contributed by atoms with E-state index in [1.807, 2.05) is 42.5 Å². The highest BCUT2D eigenvalue weighted by Gasteiger charge is 2.24. The first-order valence-electron chi connectivity index (χ1n) is 11.5. The zero-order chi connectivity index (χ0) is 22.6. The Morgan fingerprint density at radius 3 is 2.67 bits per heavy atom. The number of fused-ring (bicyclic) bond motifs is 2. The SMILES string of the molecule is O=C(CSc1nc2ccccc2c(=O)n1C[C@@H]1COc2ccccc2O1)NC1CCCCC1. The summed E-state index contributed by atoms with van der Waals surface area (Å²) in [5, 5.41) is 4.19. The summed E-state index contributed by atoms with van der Waals surface area (Å²) in [5.41, 5.74) is 0.485. The third-order valence-corrected chi connectivity index (χ3v) is 7.06. The Kier molecular flexibility index (Phi) is 6.53. The number of nitrogens with one attached hydrogen (secondary N) is 1. The van der Waals surface area contributed by atoms with Gasteiger partial charge in [-0.1, -0.05) is 55.3 Å². The summed E-state index contributed by atoms with van der Waals surface area (Å²) in [6.45, 7) is 0.625. The van der Waals surface area contributed by atoms with Gasteiger partial charge in [-0.15, -0.1) is 0 Å². The number of carbonyl (C=O) groups is 1. The number of carbonyl (C=O) groups excluding carboxylic acids is 1. The first-order valence-corrected chi connectivity index (χ1v) is 12.5. The van der Waals surface area contributed by atoms with Crippen molar-refractivity contribution in [2.45, 2.75) is 56.0 Å². The maximum absolute atomic E-state index is 13.3. The van der Waals surface area contributed by atoms with Crippen molar-refractivity contribution in [2.75, 3.05) is 12.4 Å². The minimum atomic E-state index is -0.337. The molecule has 1 N–H and O–H groups in total. The molecule has 1 atom stereocenters. The second-order valence-corrected chi connectivity index (χ2v) is 9.46. The zero-order valence-electron chi connectivity index (χ0n) is 18.4. The molecule has 172 valence electrons. The minimum absolute atomic E-state index is 0.0213. The molecule has 1 aromatic heterocycles. The fourth-order valence-electron chi connectivity index (χ4n) is 4.42. The molecule has 1 aliphatic heterocycles. The van der Waals surface area contributed by atoms with Crippen molar-refractivity contribution in [1.29, 1.82) is 0 Å². The van der Waals surface area contributed by atoms with Crippen molar-refractivity contribution in [3.63, 3.8) is 0 Å². The molecule has 1 fully saturated rings. The molecule has 2 aliphatic rings. The fourth-order valence-corrected chi connectivity index (χ4v) is 5.24. The van der Waals surface area contributed by atoms with E-state index in [1.165, 1.54) is 18.2 Å². The van der Waals surface area contributed by atoms with E-state index in [1.54, 1.807) is 10.6 Å². The van der Waals surface area contributed by atoms with Crippen molar-refractivity contribution in [3.05, 3.63) is 58.9 Å². The smallest absolute Gasteiger partial charge is 0.262 e. The molecule has 1 aliphatic carbocycles. The van der Waals surface area contributed by atoms with E-state index in [0.29, 0.717) is 34.2 Å². The van der Waals surface area contributed by atoms with Gasteiger partial charge in [0.2, 0.25) is 5.91 Å². The summed E-state index contributed by atoms with van der Waals surface area (Å²) in [5.74, 6) is 1.56. The first-order chi connectivity index (χ1) is 16.2. The number of hydrogen-bond donors (Lipinski definition) is 1. The van der Waals surface area contributed by atoms with Crippen molar-refractivity contribution in [3.8, 4) is 11.5 Å². The standard InChI is InChI=1S/C25H27N3O4S/c29-23(26-17-8-2-1-3-9-17)16-33-25-27-20-11-5-4-10-19(20)24(30)28(25)14-18-15-31-21-12-6-7-13-22(21)32-18/h4-7,10-13,17-18H,1-3,8-9,14-16H2,(H,26,29)/t18-/m1/s1. The van der Waals surface area contributed by atoms with Gasteiger partial charge in [0.1, 0.15) is 6.61 Å². The molecule has 8 heteroatoms. The molecule has 0 spiro atoms. The molecule has 7 nitrogen and oxygen atoms in total. The number of rotatable bonds is 6. The third kappa shape index (κ3) is 5.00. The lowest BCUT2D eigenvalue weighted by atomic mass is 9.95. The Balaban J connectivity index is 1.36. The molecule has 5 rings (SSSR count). The van der Waals surface area contributed by atoms with Crippen LogP contribution < -0.4 is 20.3 Å². The molecule has 2 aromatic carbocycles. The average molecular weight is 466 g/mol. The van der Waals surface area contributed by atoms with Crippen molar-refractivity contribution in [1.82, 2.24) is 14.9 Å². The van der Waals surface area contributed by atoms with E-state index in [-0.39, 0.29) is 35.9 Å². The topological polar surface area (TPSA) is 82.5 Å². The van der Waals surface area contributed by atoms with Crippen LogP contribution in [0.1, 0.15) is 32.1 Å². The minimum Gasteiger partial charge on any atom is -0.486 e. The van der Waals surface area contributed by atoms with Gasteiger partial charge < -0.3 is 14.8 Å². The molecule has 0 radical (unpaired) electrons. The van der Waals surface area contributed by atoms with Crippen molar-refractivity contribution >= 4 is 28.6 Å². The number of benzene rings is 2. The maximum Gasteiger partial charge on any atom is 0.262 e. The average Bonchev–Trinajstić information content (AvgIpc) is 2.85. The van der Waals surface area contributed by atoms with Crippen LogP contribution in [0.25, 0.3) is 10.9 Å². The predicted molar refractivity (Wildman–Crippen MR) is 128 cm³/mol. The van der Waals surface area contributed by atoms with Crippen LogP contribution in [0.5, 0.6) is 11.5 Å². The fraction of sp³-hybridized carbons (Fsp3) is 0.400. The Morgan fingerprint density at radius 2 is 1.82 bits per heavy atom. The van der Waals surface area contributed by atoms with Crippen molar-refractivity contribution < 1.29 is 14.3 Å². The Bertz CT molecular complexity index is 1210. The molecule has 1 saturated carbocycles. The molecule has 0 saturated heterocycles. The Morgan fingerprint density at radius 1 is 1.06 bits per heavy atom. The van der Waals surface area contributed by atoms with Gasteiger partial charge in [0.15, 0.2) is 22.8 Å². The number of para-hydroxylation sites is 3. The Labute approximate surface area is 196 Å². The highest BCUT2D eigenvalue weighted by molar-refractivity contribution is 7.99. The molecular weight excluding hydrogens is 438 g/mol. The maximum atomic E-state index is 13.3. The summed E-state index contributed by atoms with van der Waals surface area (Å²) in [7, 11) is 0. The summed E-state index contributed by atoms with van der Waals surface area (Å²) < 4.78 is 13.5. The van der Waals surface area contributed by atoms with Crippen LogP contribution in [0.15, 0.2) is 58.5 Å². The van der Waals surface area contributed by atoms with Gasteiger partial charge in [0, 0.05) is 6.04 Å². The molecule has 0 bridgehead atoms. The van der Waals surface area contributed by atoms with E-state index in [9.17, 15) is 9.59 Å². The Hall–Kier alpha value is -3.00. The predicted octanol–water partition coefficient (Wildman–Crippen LogP) is 3.78. The van der Waals surface area contributed by atoms with Crippen LogP contribution in [0.4, 0.5) is 0 Å². The normalized spacial score (nSPS) is 18.2. The third-order valence-electron chi connectivity index (χ3n) is 6.08. The summed E-state index contributed by atoms with van der Waals surface area (Å²) in [4.78, 5) is 30.6. The van der Waals surface area contributed by atoms with Crippen molar-refractivity contribution in [2.24, 2.45) is 0 Å². The lowest BCUT2D eigenvalue weighted by molar-refractivity contribution is -0.119. The van der Waals surface area contributed by atoms with E-state index in [4.69, 9.17) is 14.5 Å². The highest BCUT2D eigenvalue weighted by Crippen LogP contribution is 2.31. The van der Waals surface area contributed by atoms with Gasteiger partial charge in [-0.05, 0) is 37.1 Å². The van der Waals surface area contributed by atoms with Gasteiger partial charge in [-0.3, -0.25) is 14.2 Å². The zero-order valence-corrected chi connectivity index (χ0v) is 19.2. The van der Waals surface area contributed by atoms with E-state index in [2.05, 4.69) is 5.32 Å². The van der Waals surface area contributed by atoms with E-state index < -0.39 is 0 Å². The number of nitrogens with zero attached hydrogens (tertiary/aromatic N) is 2. The van der Waals surface area contributed by atoms with Gasteiger partial charge in [0.05, 0.1) is 23.2 Å². The largest absolute Gasteiger partial charge is 0.486 e. The van der Waals surface area contributed by atoms with Gasteiger partial charge in [0.25, 0.3) is 5.56 Å². The molecule has 33 heavy (non-hydrogen) atoms. The van der Waals surface area contributed by atoms with Crippen LogP contribution in [0.3, 0.4) is 0 Å². The second kappa shape index (κ2) is 9.87. The summed E-state index contributed by atoms with van der Waals surface area (Å²) in [6.07, 6.45) is 5.31. The molecule has 3 aromatic rings. The van der Waals surface area contributed by atoms with Crippen LogP contribution in [-0.2, 0) is 11.3 Å². The number of ether oxygens (including phenoxy) is 2. The van der Waals surface area contributed by atoms with Gasteiger partial charge in [-0.2, -0.15) is 0 Å². The molecule has 2 heterocycles. The van der Waals surface area contributed by atoms with Gasteiger partial charge in [-0.25, -0.2) is 4.98 Å².